The summed E-state index contributed by atoms with van der Waals surface area (Å²) in [6.07, 6.45) is 1.99. The second-order valence-electron chi connectivity index (χ2n) is 5.61. The SMILES string of the molecule is C=CC(=O)Oc1ccc(-c2ccc(OC(=O)C(=C)C)cc2)cc1OC(=O)C=C. The van der Waals surface area contributed by atoms with Gasteiger partial charge in [-0.1, -0.05) is 37.9 Å². The molecule has 28 heavy (non-hydrogen) atoms. The Morgan fingerprint density at radius 1 is 0.786 bits per heavy atom. The minimum Gasteiger partial charge on any atom is -0.423 e. The van der Waals surface area contributed by atoms with E-state index < -0.39 is 17.9 Å². The van der Waals surface area contributed by atoms with E-state index in [2.05, 4.69) is 19.7 Å². The summed E-state index contributed by atoms with van der Waals surface area (Å²) in [7, 11) is 0. The molecular weight excluding hydrogens is 360 g/mol. The highest BCUT2D eigenvalue weighted by molar-refractivity contribution is 5.89. The standard InChI is InChI=1S/C22H18O6/c1-5-20(23)27-18-12-9-16(13-19(18)28-21(24)6-2)15-7-10-17(11-8-15)26-22(25)14(3)4/h5-13H,1-3H2,4H3. The molecule has 0 aromatic heterocycles. The van der Waals surface area contributed by atoms with E-state index in [1.54, 1.807) is 43.3 Å². The molecule has 0 aliphatic carbocycles. The molecule has 0 aliphatic heterocycles. The van der Waals surface area contributed by atoms with Gasteiger partial charge in [-0.05, 0) is 42.3 Å². The Balaban J connectivity index is 2.33. The molecule has 0 unspecified atom stereocenters. The number of hydrogen-bond acceptors (Lipinski definition) is 6. The molecule has 0 saturated heterocycles. The normalized spacial score (nSPS) is 9.75. The average molecular weight is 378 g/mol. The molecule has 0 heterocycles. The zero-order valence-electron chi connectivity index (χ0n) is 15.3. The van der Waals surface area contributed by atoms with E-state index in [0.717, 1.165) is 17.7 Å². The Hall–Kier alpha value is -3.93. The van der Waals surface area contributed by atoms with Crippen LogP contribution >= 0.6 is 0 Å². The van der Waals surface area contributed by atoms with Gasteiger partial charge in [0.05, 0.1) is 0 Å². The van der Waals surface area contributed by atoms with Gasteiger partial charge < -0.3 is 14.2 Å². The van der Waals surface area contributed by atoms with Gasteiger partial charge in [0.1, 0.15) is 5.75 Å². The van der Waals surface area contributed by atoms with Crippen LogP contribution in [0.5, 0.6) is 17.2 Å². The molecule has 0 amide bonds. The van der Waals surface area contributed by atoms with Crippen LogP contribution in [0.4, 0.5) is 0 Å². The first-order chi connectivity index (χ1) is 13.3. The summed E-state index contributed by atoms with van der Waals surface area (Å²) in [5, 5.41) is 0. The van der Waals surface area contributed by atoms with E-state index in [1.165, 1.54) is 6.07 Å². The van der Waals surface area contributed by atoms with E-state index in [0.29, 0.717) is 16.9 Å². The highest BCUT2D eigenvalue weighted by atomic mass is 16.6. The molecule has 0 radical (unpaired) electrons. The molecule has 0 N–H and O–H groups in total. The summed E-state index contributed by atoms with van der Waals surface area (Å²) in [6.45, 7) is 11.8. The number of rotatable bonds is 7. The number of hydrogen-bond donors (Lipinski definition) is 0. The van der Waals surface area contributed by atoms with Gasteiger partial charge in [0, 0.05) is 17.7 Å². The molecule has 0 spiro atoms. The van der Waals surface area contributed by atoms with Crippen molar-refractivity contribution in [1.29, 1.82) is 0 Å². The third-order valence-electron chi connectivity index (χ3n) is 3.44. The smallest absolute Gasteiger partial charge is 0.338 e. The van der Waals surface area contributed by atoms with Crippen molar-refractivity contribution in [3.63, 3.8) is 0 Å². The van der Waals surface area contributed by atoms with E-state index in [4.69, 9.17) is 14.2 Å². The van der Waals surface area contributed by atoms with Crippen LogP contribution in [0, 0.1) is 0 Å². The van der Waals surface area contributed by atoms with Gasteiger partial charge in [0.2, 0.25) is 0 Å². The predicted octanol–water partition coefficient (Wildman–Crippen LogP) is 4.02. The second-order valence-corrected chi connectivity index (χ2v) is 5.61. The number of carbonyl (C=O) groups excluding carboxylic acids is 3. The third-order valence-corrected chi connectivity index (χ3v) is 3.44. The van der Waals surface area contributed by atoms with Crippen LogP contribution in [0.3, 0.4) is 0 Å². The van der Waals surface area contributed by atoms with Crippen molar-refractivity contribution < 1.29 is 28.6 Å². The highest BCUT2D eigenvalue weighted by Crippen LogP contribution is 2.34. The second kappa shape index (κ2) is 9.14. The van der Waals surface area contributed by atoms with Crippen LogP contribution in [-0.4, -0.2) is 17.9 Å². The molecule has 0 bridgehead atoms. The third kappa shape index (κ3) is 5.28. The van der Waals surface area contributed by atoms with Crippen LogP contribution in [0.15, 0.2) is 79.9 Å². The maximum absolute atomic E-state index is 11.6. The predicted molar refractivity (Wildman–Crippen MR) is 104 cm³/mol. The number of benzene rings is 2. The van der Waals surface area contributed by atoms with Gasteiger partial charge in [0.15, 0.2) is 11.5 Å². The number of carbonyl (C=O) groups is 3. The van der Waals surface area contributed by atoms with Crippen LogP contribution in [0.1, 0.15) is 6.92 Å². The fourth-order valence-corrected chi connectivity index (χ4v) is 2.06. The summed E-state index contributed by atoms with van der Waals surface area (Å²) in [4.78, 5) is 34.6. The summed E-state index contributed by atoms with van der Waals surface area (Å²) >= 11 is 0. The zero-order chi connectivity index (χ0) is 20.7. The van der Waals surface area contributed by atoms with Gasteiger partial charge in [0.25, 0.3) is 0 Å². The van der Waals surface area contributed by atoms with Crippen LogP contribution < -0.4 is 14.2 Å². The molecule has 2 rings (SSSR count). The van der Waals surface area contributed by atoms with Gasteiger partial charge in [-0.2, -0.15) is 0 Å². The molecule has 2 aromatic carbocycles. The summed E-state index contributed by atoms with van der Waals surface area (Å²) in [6, 6.07) is 11.4. The number of ether oxygens (including phenoxy) is 3. The lowest BCUT2D eigenvalue weighted by Crippen LogP contribution is -2.08. The van der Waals surface area contributed by atoms with Gasteiger partial charge in [-0.3, -0.25) is 0 Å². The molecule has 6 nitrogen and oxygen atoms in total. The number of esters is 3. The van der Waals surface area contributed by atoms with Crippen molar-refractivity contribution in [2.75, 3.05) is 0 Å². The van der Waals surface area contributed by atoms with Crippen molar-refractivity contribution in [3.8, 4) is 28.4 Å². The molecular formula is C22H18O6. The Bertz CT molecular complexity index is 953. The van der Waals surface area contributed by atoms with Gasteiger partial charge >= 0.3 is 17.9 Å². The first-order valence-corrected chi connectivity index (χ1v) is 8.14. The lowest BCUT2D eigenvalue weighted by Gasteiger charge is -2.11. The first-order valence-electron chi connectivity index (χ1n) is 8.14. The fourth-order valence-electron chi connectivity index (χ4n) is 2.06. The average Bonchev–Trinajstić information content (AvgIpc) is 2.69. The topological polar surface area (TPSA) is 78.9 Å². The Labute approximate surface area is 162 Å². The van der Waals surface area contributed by atoms with Crippen molar-refractivity contribution in [3.05, 3.63) is 79.9 Å². The lowest BCUT2D eigenvalue weighted by molar-refractivity contribution is -0.131. The first kappa shape index (κ1) is 20.4. The minimum atomic E-state index is -0.699. The molecule has 0 saturated carbocycles. The van der Waals surface area contributed by atoms with Crippen LogP contribution in [0.2, 0.25) is 0 Å². The molecule has 2 aromatic rings. The quantitative estimate of drug-likeness (QED) is 0.411. The molecule has 0 fully saturated rings. The molecule has 0 atom stereocenters. The Kier molecular flexibility index (Phi) is 6.65. The molecule has 6 heteroatoms. The van der Waals surface area contributed by atoms with E-state index in [1.807, 2.05) is 0 Å². The zero-order valence-corrected chi connectivity index (χ0v) is 15.3. The molecule has 0 aliphatic rings. The maximum atomic E-state index is 11.6. The largest absolute Gasteiger partial charge is 0.423 e. The summed E-state index contributed by atoms with van der Waals surface area (Å²) < 4.78 is 15.4. The maximum Gasteiger partial charge on any atom is 0.338 e. The van der Waals surface area contributed by atoms with Gasteiger partial charge in [-0.25, -0.2) is 14.4 Å². The van der Waals surface area contributed by atoms with Crippen molar-refractivity contribution in [2.45, 2.75) is 6.92 Å². The van der Waals surface area contributed by atoms with E-state index in [9.17, 15) is 14.4 Å². The van der Waals surface area contributed by atoms with Crippen LogP contribution in [-0.2, 0) is 14.4 Å². The summed E-state index contributed by atoms with van der Waals surface area (Å²) in [5.41, 5.74) is 1.73. The van der Waals surface area contributed by atoms with E-state index >= 15 is 0 Å². The fraction of sp³-hybridized carbons (Fsp3) is 0.0455. The van der Waals surface area contributed by atoms with Crippen LogP contribution in [0.25, 0.3) is 11.1 Å². The Morgan fingerprint density at radius 2 is 1.32 bits per heavy atom. The Morgan fingerprint density at radius 3 is 1.86 bits per heavy atom. The van der Waals surface area contributed by atoms with Crippen molar-refractivity contribution in [1.82, 2.24) is 0 Å². The highest BCUT2D eigenvalue weighted by Gasteiger charge is 2.13. The monoisotopic (exact) mass is 378 g/mol. The molecule has 142 valence electrons. The minimum absolute atomic E-state index is 0.0513. The summed E-state index contributed by atoms with van der Waals surface area (Å²) in [5.74, 6) is -1.42. The van der Waals surface area contributed by atoms with Crippen molar-refractivity contribution >= 4 is 17.9 Å². The van der Waals surface area contributed by atoms with Crippen molar-refractivity contribution in [2.24, 2.45) is 0 Å². The van der Waals surface area contributed by atoms with E-state index in [-0.39, 0.29) is 11.5 Å². The van der Waals surface area contributed by atoms with Gasteiger partial charge in [-0.15, -0.1) is 0 Å². The lowest BCUT2D eigenvalue weighted by atomic mass is 10.0.